The van der Waals surface area contributed by atoms with Gasteiger partial charge in [0.15, 0.2) is 0 Å². The van der Waals surface area contributed by atoms with Crippen molar-refractivity contribution < 1.29 is 17.9 Å². The van der Waals surface area contributed by atoms with Gasteiger partial charge in [0.1, 0.15) is 6.10 Å². The van der Waals surface area contributed by atoms with Crippen LogP contribution < -0.4 is 5.56 Å². The SMILES string of the molecule is CC(C#N)OCCn1cc(C(F)(F)F)ccc1=O. The van der Waals surface area contributed by atoms with Crippen molar-refractivity contribution in [1.82, 2.24) is 4.57 Å². The Balaban J connectivity index is 2.77. The molecule has 0 N–H and O–H groups in total. The molecule has 0 aromatic carbocycles. The summed E-state index contributed by atoms with van der Waals surface area (Å²) in [7, 11) is 0. The summed E-state index contributed by atoms with van der Waals surface area (Å²) in [5.74, 6) is 0. The van der Waals surface area contributed by atoms with Crippen molar-refractivity contribution in [2.75, 3.05) is 6.61 Å². The quantitative estimate of drug-likeness (QED) is 0.829. The molecule has 98 valence electrons. The summed E-state index contributed by atoms with van der Waals surface area (Å²) < 4.78 is 43.1. The van der Waals surface area contributed by atoms with E-state index in [2.05, 4.69) is 0 Å². The van der Waals surface area contributed by atoms with Gasteiger partial charge in [-0.15, -0.1) is 0 Å². The van der Waals surface area contributed by atoms with Crippen LogP contribution in [0.1, 0.15) is 12.5 Å². The van der Waals surface area contributed by atoms with Gasteiger partial charge in [-0.3, -0.25) is 4.79 Å². The first kappa shape index (κ1) is 14.3. The molecule has 0 saturated carbocycles. The van der Waals surface area contributed by atoms with Crippen molar-refractivity contribution in [3.8, 4) is 6.07 Å². The molecule has 1 aromatic heterocycles. The zero-order chi connectivity index (χ0) is 13.8. The summed E-state index contributed by atoms with van der Waals surface area (Å²) in [6.45, 7) is 1.47. The standard InChI is InChI=1S/C11H11F3N2O2/c1-8(6-15)18-5-4-16-7-9(11(12,13)14)2-3-10(16)17/h2-3,7-8H,4-5H2,1H3. The summed E-state index contributed by atoms with van der Waals surface area (Å²) in [5.41, 5.74) is -1.44. The van der Waals surface area contributed by atoms with Gasteiger partial charge >= 0.3 is 6.18 Å². The second kappa shape index (κ2) is 5.69. The van der Waals surface area contributed by atoms with Crippen LogP contribution in [-0.4, -0.2) is 17.3 Å². The Labute approximate surface area is 101 Å². The number of hydrogen-bond acceptors (Lipinski definition) is 3. The Kier molecular flexibility index (Phi) is 4.50. The Morgan fingerprint density at radius 1 is 1.50 bits per heavy atom. The maximum atomic E-state index is 12.4. The van der Waals surface area contributed by atoms with Gasteiger partial charge in [0.05, 0.1) is 18.2 Å². The van der Waals surface area contributed by atoms with Crippen molar-refractivity contribution >= 4 is 0 Å². The molecule has 1 aromatic rings. The zero-order valence-electron chi connectivity index (χ0n) is 9.57. The molecule has 0 aliphatic heterocycles. The van der Waals surface area contributed by atoms with Crippen molar-refractivity contribution in [2.45, 2.75) is 25.7 Å². The van der Waals surface area contributed by atoms with E-state index in [4.69, 9.17) is 10.00 Å². The molecule has 1 rings (SSSR count). The molecule has 0 radical (unpaired) electrons. The normalized spacial score (nSPS) is 13.1. The molecule has 18 heavy (non-hydrogen) atoms. The van der Waals surface area contributed by atoms with E-state index >= 15 is 0 Å². The summed E-state index contributed by atoms with van der Waals surface area (Å²) in [4.78, 5) is 11.3. The molecule has 1 unspecified atom stereocenters. The van der Waals surface area contributed by atoms with Crippen LogP contribution in [0.3, 0.4) is 0 Å². The minimum Gasteiger partial charge on any atom is -0.362 e. The molecule has 0 saturated heterocycles. The summed E-state index contributed by atoms with van der Waals surface area (Å²) in [6, 6.07) is 3.40. The van der Waals surface area contributed by atoms with Crippen LogP contribution in [0.5, 0.6) is 0 Å². The maximum Gasteiger partial charge on any atom is 0.417 e. The fraction of sp³-hybridized carbons (Fsp3) is 0.455. The van der Waals surface area contributed by atoms with Crippen LogP contribution in [0.25, 0.3) is 0 Å². The number of nitrogens with zero attached hydrogens (tertiary/aromatic N) is 2. The Bertz CT molecular complexity index is 502. The van der Waals surface area contributed by atoms with E-state index in [9.17, 15) is 18.0 Å². The predicted molar refractivity (Wildman–Crippen MR) is 56.7 cm³/mol. The van der Waals surface area contributed by atoms with E-state index in [-0.39, 0.29) is 13.2 Å². The molecule has 4 nitrogen and oxygen atoms in total. The number of ether oxygens (including phenoxy) is 1. The molecule has 0 bridgehead atoms. The second-order valence-corrected chi connectivity index (χ2v) is 3.59. The number of halogens is 3. The van der Waals surface area contributed by atoms with E-state index in [1.165, 1.54) is 6.92 Å². The van der Waals surface area contributed by atoms with Gasteiger partial charge in [-0.05, 0) is 13.0 Å². The number of nitriles is 1. The maximum absolute atomic E-state index is 12.4. The van der Waals surface area contributed by atoms with Crippen LogP contribution >= 0.6 is 0 Å². The number of aromatic nitrogens is 1. The fourth-order valence-corrected chi connectivity index (χ4v) is 1.24. The number of pyridine rings is 1. The third kappa shape index (κ3) is 3.89. The zero-order valence-corrected chi connectivity index (χ0v) is 9.57. The predicted octanol–water partition coefficient (Wildman–Crippen LogP) is 1.80. The second-order valence-electron chi connectivity index (χ2n) is 3.59. The number of hydrogen-bond donors (Lipinski definition) is 0. The fourth-order valence-electron chi connectivity index (χ4n) is 1.24. The average Bonchev–Trinajstić information content (AvgIpc) is 2.29. The number of alkyl halides is 3. The summed E-state index contributed by atoms with van der Waals surface area (Å²) in [5, 5.41) is 8.45. The average molecular weight is 260 g/mol. The van der Waals surface area contributed by atoms with Crippen LogP contribution in [0.4, 0.5) is 13.2 Å². The van der Waals surface area contributed by atoms with Gasteiger partial charge in [0, 0.05) is 18.8 Å². The highest BCUT2D eigenvalue weighted by atomic mass is 19.4. The summed E-state index contributed by atoms with van der Waals surface area (Å²) in [6.07, 6.45) is -4.41. The van der Waals surface area contributed by atoms with Crippen LogP contribution in [-0.2, 0) is 17.5 Å². The lowest BCUT2D eigenvalue weighted by molar-refractivity contribution is -0.138. The van der Waals surface area contributed by atoms with E-state index < -0.39 is 23.4 Å². The summed E-state index contributed by atoms with van der Waals surface area (Å²) >= 11 is 0. The van der Waals surface area contributed by atoms with Gasteiger partial charge in [-0.2, -0.15) is 18.4 Å². The van der Waals surface area contributed by atoms with E-state index in [0.29, 0.717) is 0 Å². The molecule has 0 fully saturated rings. The Hall–Kier alpha value is -1.81. The molecule has 1 atom stereocenters. The smallest absolute Gasteiger partial charge is 0.362 e. The first-order valence-corrected chi connectivity index (χ1v) is 5.13. The molecular weight excluding hydrogens is 249 g/mol. The Morgan fingerprint density at radius 3 is 2.72 bits per heavy atom. The molecule has 0 amide bonds. The van der Waals surface area contributed by atoms with Crippen molar-refractivity contribution in [3.05, 3.63) is 34.2 Å². The van der Waals surface area contributed by atoms with Crippen molar-refractivity contribution in [1.29, 1.82) is 5.26 Å². The Morgan fingerprint density at radius 2 is 2.17 bits per heavy atom. The molecule has 7 heteroatoms. The molecule has 0 aliphatic rings. The van der Waals surface area contributed by atoms with Gasteiger partial charge < -0.3 is 9.30 Å². The minimum atomic E-state index is -4.49. The van der Waals surface area contributed by atoms with E-state index in [1.807, 2.05) is 6.07 Å². The highest BCUT2D eigenvalue weighted by molar-refractivity contribution is 5.13. The lowest BCUT2D eigenvalue weighted by atomic mass is 10.3. The largest absolute Gasteiger partial charge is 0.417 e. The van der Waals surface area contributed by atoms with Crippen molar-refractivity contribution in [2.24, 2.45) is 0 Å². The molecule has 1 heterocycles. The molecular formula is C11H11F3N2O2. The lowest BCUT2D eigenvalue weighted by Gasteiger charge is -2.11. The molecule has 0 spiro atoms. The number of rotatable bonds is 4. The van der Waals surface area contributed by atoms with Gasteiger partial charge in [-0.1, -0.05) is 0 Å². The van der Waals surface area contributed by atoms with Crippen LogP contribution in [0, 0.1) is 11.3 Å². The lowest BCUT2D eigenvalue weighted by Crippen LogP contribution is -2.24. The monoisotopic (exact) mass is 260 g/mol. The highest BCUT2D eigenvalue weighted by Crippen LogP contribution is 2.27. The third-order valence-electron chi connectivity index (χ3n) is 2.19. The van der Waals surface area contributed by atoms with Gasteiger partial charge in [0.2, 0.25) is 0 Å². The van der Waals surface area contributed by atoms with Gasteiger partial charge in [0.25, 0.3) is 5.56 Å². The van der Waals surface area contributed by atoms with E-state index in [1.54, 1.807) is 0 Å². The van der Waals surface area contributed by atoms with Crippen molar-refractivity contribution in [3.63, 3.8) is 0 Å². The first-order valence-electron chi connectivity index (χ1n) is 5.13. The van der Waals surface area contributed by atoms with Crippen LogP contribution in [0.15, 0.2) is 23.1 Å². The van der Waals surface area contributed by atoms with Gasteiger partial charge in [-0.25, -0.2) is 0 Å². The topological polar surface area (TPSA) is 55.0 Å². The highest BCUT2D eigenvalue weighted by Gasteiger charge is 2.30. The van der Waals surface area contributed by atoms with Crippen LogP contribution in [0.2, 0.25) is 0 Å². The van der Waals surface area contributed by atoms with E-state index in [0.717, 1.165) is 22.9 Å². The third-order valence-corrected chi connectivity index (χ3v) is 2.19. The first-order chi connectivity index (χ1) is 8.34. The molecule has 0 aliphatic carbocycles. The minimum absolute atomic E-state index is 0.00402.